The summed E-state index contributed by atoms with van der Waals surface area (Å²) in [5, 5.41) is 13.6. The number of likely N-dealkylation sites (tertiary alicyclic amines) is 1. The van der Waals surface area contributed by atoms with E-state index in [4.69, 9.17) is 11.6 Å². The van der Waals surface area contributed by atoms with Gasteiger partial charge in [0.1, 0.15) is 0 Å². The van der Waals surface area contributed by atoms with E-state index < -0.39 is 29.7 Å². The Hall–Kier alpha value is -3.14. The third-order valence-electron chi connectivity index (χ3n) is 5.38. The molecule has 4 rings (SSSR count). The highest BCUT2D eigenvalue weighted by Crippen LogP contribution is 2.33. The third kappa shape index (κ3) is 4.40. The lowest BCUT2D eigenvalue weighted by atomic mass is 10.0. The second-order valence-corrected chi connectivity index (χ2v) is 8.05. The Morgan fingerprint density at radius 3 is 2.50 bits per heavy atom. The number of aromatic nitrogens is 3. The molecule has 1 unspecified atom stereocenters. The largest absolute Gasteiger partial charge is 0.481 e. The maximum absolute atomic E-state index is 13.8. The third-order valence-corrected chi connectivity index (χ3v) is 5.64. The van der Waals surface area contributed by atoms with Gasteiger partial charge in [-0.2, -0.15) is 18.3 Å². The van der Waals surface area contributed by atoms with Crippen LogP contribution in [0.4, 0.5) is 13.2 Å². The molecule has 1 aliphatic heterocycles. The minimum Gasteiger partial charge on any atom is -0.481 e. The summed E-state index contributed by atoms with van der Waals surface area (Å²) in [6.45, 7) is 0.295. The average Bonchev–Trinajstić information content (AvgIpc) is 3.00. The highest BCUT2D eigenvalue weighted by molar-refractivity contribution is 6.30. The van der Waals surface area contributed by atoms with Gasteiger partial charge >= 0.3 is 12.1 Å². The normalized spacial score (nSPS) is 17.4. The Labute approximate surface area is 185 Å². The van der Waals surface area contributed by atoms with E-state index in [9.17, 15) is 27.9 Å². The minimum absolute atomic E-state index is 0.0163. The number of nitrogens with zero attached hydrogens (tertiary/aromatic N) is 4. The van der Waals surface area contributed by atoms with Crippen molar-refractivity contribution < 1.29 is 27.9 Å². The summed E-state index contributed by atoms with van der Waals surface area (Å²) >= 11 is 5.86. The van der Waals surface area contributed by atoms with Crippen molar-refractivity contribution in [2.75, 3.05) is 13.1 Å². The number of fused-ring (bicyclic) bond motifs is 1. The molecule has 0 aliphatic carbocycles. The van der Waals surface area contributed by atoms with E-state index in [0.29, 0.717) is 40.9 Å². The molecular formula is C21H18ClF3N4O3. The molecule has 0 bridgehead atoms. The van der Waals surface area contributed by atoms with Crippen LogP contribution < -0.4 is 0 Å². The average molecular weight is 467 g/mol. The molecule has 11 heteroatoms. The number of carboxylic acids is 1. The van der Waals surface area contributed by atoms with Crippen molar-refractivity contribution in [1.29, 1.82) is 0 Å². The number of amides is 1. The molecular weight excluding hydrogens is 449 g/mol. The van der Waals surface area contributed by atoms with Crippen molar-refractivity contribution in [3.05, 3.63) is 52.8 Å². The van der Waals surface area contributed by atoms with E-state index in [-0.39, 0.29) is 23.6 Å². The van der Waals surface area contributed by atoms with Crippen LogP contribution in [0.2, 0.25) is 5.02 Å². The van der Waals surface area contributed by atoms with Crippen molar-refractivity contribution in [2.45, 2.75) is 25.4 Å². The molecule has 1 aromatic carbocycles. The molecule has 0 spiro atoms. The molecule has 1 fully saturated rings. The number of aliphatic carboxylic acids is 1. The van der Waals surface area contributed by atoms with Gasteiger partial charge in [0, 0.05) is 29.7 Å². The number of hydrogen-bond donors (Lipinski definition) is 1. The van der Waals surface area contributed by atoms with Gasteiger partial charge in [0.05, 0.1) is 11.6 Å². The van der Waals surface area contributed by atoms with E-state index in [1.807, 2.05) is 0 Å². The fraction of sp³-hybridized carbons (Fsp3) is 0.333. The van der Waals surface area contributed by atoms with Crippen LogP contribution >= 0.6 is 11.6 Å². The van der Waals surface area contributed by atoms with Gasteiger partial charge < -0.3 is 10.0 Å². The zero-order valence-corrected chi connectivity index (χ0v) is 17.4. The summed E-state index contributed by atoms with van der Waals surface area (Å²) < 4.78 is 41.9. The second kappa shape index (κ2) is 8.42. The monoisotopic (exact) mass is 466 g/mol. The van der Waals surface area contributed by atoms with E-state index in [1.54, 1.807) is 24.3 Å². The van der Waals surface area contributed by atoms with Gasteiger partial charge in [0.2, 0.25) is 0 Å². The molecule has 168 valence electrons. The van der Waals surface area contributed by atoms with Crippen LogP contribution in [0.1, 0.15) is 35.4 Å². The molecule has 32 heavy (non-hydrogen) atoms. The summed E-state index contributed by atoms with van der Waals surface area (Å²) in [5.74, 6) is -2.35. The summed E-state index contributed by atoms with van der Waals surface area (Å²) in [6, 6.07) is 8.24. The maximum atomic E-state index is 13.8. The highest BCUT2D eigenvalue weighted by atomic mass is 35.5. The van der Waals surface area contributed by atoms with Gasteiger partial charge in [-0.3, -0.25) is 9.59 Å². The smallest absolute Gasteiger partial charge is 0.433 e. The van der Waals surface area contributed by atoms with Crippen LogP contribution in [-0.2, 0) is 11.0 Å². The zero-order valence-electron chi connectivity index (χ0n) is 16.6. The first-order valence-corrected chi connectivity index (χ1v) is 10.3. The van der Waals surface area contributed by atoms with Crippen LogP contribution in [0.5, 0.6) is 0 Å². The number of hydrogen-bond acceptors (Lipinski definition) is 4. The predicted octanol–water partition coefficient (Wildman–Crippen LogP) is 4.40. The lowest BCUT2D eigenvalue weighted by Crippen LogP contribution is -2.37. The number of alkyl halides is 3. The number of carbonyl (C=O) groups excluding carboxylic acids is 1. The fourth-order valence-electron chi connectivity index (χ4n) is 3.74. The lowest BCUT2D eigenvalue weighted by Gasteiger charge is -2.21. The van der Waals surface area contributed by atoms with E-state index in [2.05, 4.69) is 10.1 Å². The number of halogens is 4. The van der Waals surface area contributed by atoms with Crippen molar-refractivity contribution in [2.24, 2.45) is 5.92 Å². The summed E-state index contributed by atoms with van der Waals surface area (Å²) in [4.78, 5) is 30.0. The van der Waals surface area contributed by atoms with Gasteiger partial charge in [-0.15, -0.1) is 0 Å². The Bertz CT molecular complexity index is 1180. The first kappa shape index (κ1) is 22.1. The van der Waals surface area contributed by atoms with Crippen molar-refractivity contribution in [1.82, 2.24) is 19.5 Å². The SMILES string of the molecule is O=C(O)C1CCCCN(C(=O)c2cc3nc(-c4ccc(Cl)cc4)cc(C(F)(F)F)n3n2)C1. The molecule has 1 atom stereocenters. The quantitative estimate of drug-likeness (QED) is 0.618. The minimum atomic E-state index is -4.74. The Balaban J connectivity index is 1.76. The first-order valence-electron chi connectivity index (χ1n) is 9.89. The molecule has 1 aliphatic rings. The van der Waals surface area contributed by atoms with Crippen molar-refractivity contribution in [3.63, 3.8) is 0 Å². The fourth-order valence-corrected chi connectivity index (χ4v) is 3.87. The molecule has 3 aromatic rings. The number of benzene rings is 1. The van der Waals surface area contributed by atoms with Gasteiger partial charge in [0.25, 0.3) is 5.91 Å². The van der Waals surface area contributed by atoms with Crippen molar-refractivity contribution in [3.8, 4) is 11.3 Å². The molecule has 2 aromatic heterocycles. The van der Waals surface area contributed by atoms with E-state index in [1.165, 1.54) is 11.0 Å². The Morgan fingerprint density at radius 1 is 1.12 bits per heavy atom. The number of rotatable bonds is 3. The number of carbonyl (C=O) groups is 2. The van der Waals surface area contributed by atoms with Crippen LogP contribution in [-0.4, -0.2) is 49.6 Å². The molecule has 0 radical (unpaired) electrons. The van der Waals surface area contributed by atoms with Crippen LogP contribution in [0.25, 0.3) is 16.9 Å². The topological polar surface area (TPSA) is 87.8 Å². The van der Waals surface area contributed by atoms with Crippen LogP contribution in [0.15, 0.2) is 36.4 Å². The maximum Gasteiger partial charge on any atom is 0.433 e. The molecule has 7 nitrogen and oxygen atoms in total. The van der Waals surface area contributed by atoms with Gasteiger partial charge in [-0.05, 0) is 31.0 Å². The number of carboxylic acid groups (broad SMARTS) is 1. The van der Waals surface area contributed by atoms with Gasteiger partial charge in [0.15, 0.2) is 17.0 Å². The summed E-state index contributed by atoms with van der Waals surface area (Å²) in [7, 11) is 0. The Kier molecular flexibility index (Phi) is 5.81. The van der Waals surface area contributed by atoms with E-state index >= 15 is 0 Å². The molecule has 3 heterocycles. The van der Waals surface area contributed by atoms with Crippen molar-refractivity contribution >= 4 is 29.1 Å². The molecule has 1 saturated heterocycles. The first-order chi connectivity index (χ1) is 15.1. The lowest BCUT2D eigenvalue weighted by molar-refractivity contribution is -0.143. The van der Waals surface area contributed by atoms with Crippen LogP contribution in [0.3, 0.4) is 0 Å². The highest BCUT2D eigenvalue weighted by Gasteiger charge is 2.36. The molecule has 0 saturated carbocycles. The van der Waals surface area contributed by atoms with Gasteiger partial charge in [-0.25, -0.2) is 9.50 Å². The van der Waals surface area contributed by atoms with E-state index in [0.717, 1.165) is 6.07 Å². The summed E-state index contributed by atoms with van der Waals surface area (Å²) in [6.07, 6.45) is -3.05. The molecule has 1 amide bonds. The summed E-state index contributed by atoms with van der Waals surface area (Å²) in [5.41, 5.74) is -0.958. The predicted molar refractivity (Wildman–Crippen MR) is 109 cm³/mol. The van der Waals surface area contributed by atoms with Gasteiger partial charge in [-0.1, -0.05) is 30.2 Å². The standard InChI is InChI=1S/C21H18ClF3N4O3/c22-14-6-4-12(5-7-14)15-9-17(21(23,24)25)29-18(26-15)10-16(27-29)19(30)28-8-2-1-3-13(11-28)20(31)32/h4-7,9-10,13H,1-3,8,11H2,(H,31,32). The van der Waals surface area contributed by atoms with Crippen LogP contribution in [0, 0.1) is 5.92 Å². The Morgan fingerprint density at radius 2 is 1.84 bits per heavy atom. The zero-order chi connectivity index (χ0) is 23.0. The second-order valence-electron chi connectivity index (χ2n) is 7.61. The molecule has 1 N–H and O–H groups in total.